The standard InChI is InChI=1S/C27H39N2.C19H17NO5.ClH.Ru/c1-18(2)22-11-9-12-23(19(3)4)26(22)28-15-16-29(17-28)27-24(20(5)6)13-10-14-25(27)21(7)8;1-11-6-5-7-15-17(11)25-12(2)18(21)20(15)19(22)14-9-8-13(23-3)10-16(14)24-4;;/h9-14,17-21H,15-16H2,1-8H3;1,5-10,12H,2-4H3;1H;/q;;;+1/p-1. The Labute approximate surface area is 342 Å². The predicted octanol–water partition coefficient (Wildman–Crippen LogP) is 10.4. The third kappa shape index (κ3) is 7.74. The Hall–Kier alpha value is -4.20. The van der Waals surface area contributed by atoms with E-state index in [2.05, 4.69) is 106 Å². The average Bonchev–Trinajstić information content (AvgIpc) is 3.62. The van der Waals surface area contributed by atoms with Gasteiger partial charge < -0.3 is 0 Å². The average molecular weight is 867 g/mol. The summed E-state index contributed by atoms with van der Waals surface area (Å²) in [7, 11) is 11.0. The normalized spacial score (nSPS) is 17.0. The molecule has 0 bridgehead atoms. The number of hydrogen-bond acceptors (Lipinski definition) is 7. The van der Waals surface area contributed by atoms with Crippen molar-refractivity contribution in [1.82, 2.24) is 0 Å². The van der Waals surface area contributed by atoms with E-state index in [0.717, 1.165) is 18.7 Å². The van der Waals surface area contributed by atoms with Crippen molar-refractivity contribution < 1.29 is 38.3 Å². The zero-order chi connectivity index (χ0) is 40.6. The second-order valence-corrected chi connectivity index (χ2v) is 20.3. The Morgan fingerprint density at radius 2 is 1.27 bits per heavy atom. The van der Waals surface area contributed by atoms with Crippen molar-refractivity contribution in [2.45, 2.75) is 96.8 Å². The number of fused-ring (bicyclic) bond motifs is 1. The van der Waals surface area contributed by atoms with Gasteiger partial charge in [-0.05, 0) is 0 Å². The first-order valence-corrected chi connectivity index (χ1v) is 23.8. The van der Waals surface area contributed by atoms with Gasteiger partial charge in [0.15, 0.2) is 0 Å². The van der Waals surface area contributed by atoms with Crippen LogP contribution in [-0.4, -0.2) is 54.6 Å². The molecular formula is C46H56ClN3O5Ru. The summed E-state index contributed by atoms with van der Waals surface area (Å²) in [4.78, 5) is 34.5. The molecule has 2 aliphatic rings. The topological polar surface area (TPSA) is 71.6 Å². The molecule has 4 aromatic rings. The van der Waals surface area contributed by atoms with Crippen molar-refractivity contribution in [2.24, 2.45) is 0 Å². The first-order chi connectivity index (χ1) is 26.7. The van der Waals surface area contributed by atoms with E-state index in [1.807, 2.05) is 12.1 Å². The second-order valence-electron chi connectivity index (χ2n) is 15.7. The molecule has 300 valence electrons. The van der Waals surface area contributed by atoms with E-state index in [9.17, 15) is 9.59 Å². The van der Waals surface area contributed by atoms with E-state index in [1.165, 1.54) is 45.6 Å². The zero-order valence-electron chi connectivity index (χ0n) is 34.5. The number of methoxy groups -OCH3 is 2. The van der Waals surface area contributed by atoms with Crippen molar-refractivity contribution in [3.8, 4) is 17.2 Å². The molecule has 4 aromatic carbocycles. The van der Waals surface area contributed by atoms with E-state index in [0.29, 0.717) is 46.6 Å². The fourth-order valence-electron chi connectivity index (χ4n) is 7.84. The molecule has 2 heterocycles. The number of rotatable bonds is 11. The van der Waals surface area contributed by atoms with Crippen LogP contribution >= 0.6 is 9.69 Å². The number of anilines is 3. The van der Waals surface area contributed by atoms with Crippen LogP contribution in [0.4, 0.5) is 17.1 Å². The molecule has 1 atom stereocenters. The van der Waals surface area contributed by atoms with Crippen molar-refractivity contribution in [2.75, 3.05) is 42.0 Å². The van der Waals surface area contributed by atoms with Crippen LogP contribution in [0.25, 0.3) is 0 Å². The van der Waals surface area contributed by atoms with Crippen LogP contribution in [0.1, 0.15) is 124 Å². The summed E-state index contributed by atoms with van der Waals surface area (Å²) in [6, 6.07) is 24.0. The Bertz CT molecular complexity index is 2020. The fraction of sp³-hybridized carbons (Fsp3) is 0.413. The molecule has 1 unspecified atom stereocenters. The molecule has 10 heteroatoms. The number of carbonyl (C=O) groups excluding carboxylic acids is 2. The quantitative estimate of drug-likeness (QED) is 0.110. The van der Waals surface area contributed by atoms with Crippen molar-refractivity contribution in [1.29, 1.82) is 0 Å². The van der Waals surface area contributed by atoms with Gasteiger partial charge in [-0.25, -0.2) is 0 Å². The monoisotopic (exact) mass is 867 g/mol. The Balaban J connectivity index is 1.54. The number of ether oxygens (including phenoxy) is 3. The van der Waals surface area contributed by atoms with Crippen molar-refractivity contribution in [3.63, 3.8) is 0 Å². The summed E-state index contributed by atoms with van der Waals surface area (Å²) in [6.07, 6.45) is -0.904. The summed E-state index contributed by atoms with van der Waals surface area (Å²) < 4.78 is 19.4. The van der Waals surface area contributed by atoms with Crippen LogP contribution in [0, 0.1) is 0 Å². The summed E-state index contributed by atoms with van der Waals surface area (Å²) in [5.41, 5.74) is 9.22. The van der Waals surface area contributed by atoms with Gasteiger partial charge in [0.05, 0.1) is 0 Å². The van der Waals surface area contributed by atoms with E-state index >= 15 is 0 Å². The molecule has 6 rings (SSSR count). The molecule has 2 aliphatic heterocycles. The number of amides is 2. The Morgan fingerprint density at radius 1 is 0.768 bits per heavy atom. The van der Waals surface area contributed by atoms with Crippen LogP contribution in [0.15, 0.2) is 72.8 Å². The van der Waals surface area contributed by atoms with Gasteiger partial charge in [-0.2, -0.15) is 0 Å². The Kier molecular flexibility index (Phi) is 12.7. The molecule has 0 spiro atoms. The zero-order valence-corrected chi connectivity index (χ0v) is 37.0. The van der Waals surface area contributed by atoms with Gasteiger partial charge in [0.25, 0.3) is 0 Å². The third-order valence-corrected chi connectivity index (χ3v) is 14.9. The predicted molar refractivity (Wildman–Crippen MR) is 227 cm³/mol. The van der Waals surface area contributed by atoms with Crippen molar-refractivity contribution >= 4 is 43.2 Å². The second kappa shape index (κ2) is 17.1. The molecular weight excluding hydrogens is 811 g/mol. The SMILES string of the molecule is COc1ccc(C(=O)N2C(=O)C(C)Oc3c([CH]=[Ru]([Cl])[CH]4N(c5c(C(C)C)cccc5C(C)C)CCN4c4c(C(C)C)cccc4C(C)C)cccc32)c(OC)c1. The number of benzene rings is 4. The first-order valence-electron chi connectivity index (χ1n) is 19.5. The van der Waals surface area contributed by atoms with Gasteiger partial charge in [-0.1, -0.05) is 0 Å². The van der Waals surface area contributed by atoms with Gasteiger partial charge in [-0.3, -0.25) is 0 Å². The van der Waals surface area contributed by atoms with E-state index < -0.39 is 32.4 Å². The fourth-order valence-corrected chi connectivity index (χ4v) is 12.4. The number of imide groups is 1. The molecule has 0 aliphatic carbocycles. The van der Waals surface area contributed by atoms with Crippen LogP contribution in [0.5, 0.6) is 17.2 Å². The maximum absolute atomic E-state index is 14.3. The Morgan fingerprint density at radius 3 is 1.73 bits per heavy atom. The first kappa shape index (κ1) is 41.4. The number of nitrogens with zero attached hydrogens (tertiary/aromatic N) is 3. The number of halogens is 1. The summed E-state index contributed by atoms with van der Waals surface area (Å²) in [6.45, 7) is 21.5. The minimum atomic E-state index is -2.52. The molecule has 0 saturated carbocycles. The van der Waals surface area contributed by atoms with Gasteiger partial charge in [-0.15, -0.1) is 0 Å². The molecule has 1 saturated heterocycles. The molecule has 0 N–H and O–H groups in total. The maximum atomic E-state index is 14.3. The number of hydrogen-bond donors (Lipinski definition) is 0. The molecule has 8 nitrogen and oxygen atoms in total. The third-order valence-electron chi connectivity index (χ3n) is 10.7. The van der Waals surface area contributed by atoms with Gasteiger partial charge in [0.1, 0.15) is 0 Å². The van der Waals surface area contributed by atoms with Crippen LogP contribution in [0.3, 0.4) is 0 Å². The molecule has 0 aromatic heterocycles. The van der Waals surface area contributed by atoms with E-state index in [-0.39, 0.29) is 10.3 Å². The van der Waals surface area contributed by atoms with Crippen LogP contribution < -0.4 is 28.9 Å². The van der Waals surface area contributed by atoms with E-state index in [1.54, 1.807) is 38.3 Å². The summed E-state index contributed by atoms with van der Waals surface area (Å²) in [5, 5.41) is 0. The summed E-state index contributed by atoms with van der Waals surface area (Å²) >= 11 is -2.52. The summed E-state index contributed by atoms with van der Waals surface area (Å²) in [5.74, 6) is 1.61. The molecule has 0 radical (unpaired) electrons. The molecule has 2 amide bonds. The number of carbonyl (C=O) groups is 2. The van der Waals surface area contributed by atoms with Gasteiger partial charge in [0.2, 0.25) is 0 Å². The number of para-hydroxylation sites is 3. The molecule has 1 fully saturated rings. The van der Waals surface area contributed by atoms with Crippen molar-refractivity contribution in [3.05, 3.63) is 106 Å². The minimum absolute atomic E-state index is 0.129. The van der Waals surface area contributed by atoms with Crippen LogP contribution in [-0.2, 0) is 19.3 Å². The molecule has 56 heavy (non-hydrogen) atoms. The van der Waals surface area contributed by atoms with Gasteiger partial charge >= 0.3 is 344 Å². The van der Waals surface area contributed by atoms with Gasteiger partial charge in [0, 0.05) is 0 Å². The van der Waals surface area contributed by atoms with Crippen LogP contribution in [0.2, 0.25) is 0 Å². The van der Waals surface area contributed by atoms with E-state index in [4.69, 9.17) is 23.9 Å².